The minimum Gasteiger partial charge on any atom is -0.399 e. The molecule has 0 aliphatic heterocycles. The van der Waals surface area contributed by atoms with E-state index in [1.165, 1.54) is 0 Å². The van der Waals surface area contributed by atoms with Crippen molar-refractivity contribution in [3.05, 3.63) is 29.4 Å². The number of nitrogen functional groups attached to an aromatic ring is 1. The van der Waals surface area contributed by atoms with Crippen LogP contribution < -0.4 is 5.73 Å². The van der Waals surface area contributed by atoms with Crippen LogP contribution >= 0.6 is 11.6 Å². The van der Waals surface area contributed by atoms with E-state index in [0.717, 1.165) is 11.3 Å². The van der Waals surface area contributed by atoms with E-state index in [1.54, 1.807) is 24.4 Å². The number of aromatic amines is 1. The molecule has 0 unspecified atom stereocenters. The molecule has 1 heterocycles. The lowest BCUT2D eigenvalue weighted by Crippen LogP contribution is -1.86. The summed E-state index contributed by atoms with van der Waals surface area (Å²) in [4.78, 5) is 0. The number of nitrogens with one attached hydrogen (secondary N) is 1. The zero-order valence-corrected chi connectivity index (χ0v) is 7.42. The van der Waals surface area contributed by atoms with Crippen LogP contribution in [0.2, 0.25) is 5.02 Å². The van der Waals surface area contributed by atoms with Gasteiger partial charge >= 0.3 is 0 Å². The molecule has 2 rings (SSSR count). The highest BCUT2D eigenvalue weighted by atomic mass is 35.5. The monoisotopic (exact) mass is 194 g/mol. The number of aromatic nitrogens is 3. The van der Waals surface area contributed by atoms with Crippen LogP contribution in [0.4, 0.5) is 5.69 Å². The van der Waals surface area contributed by atoms with E-state index in [2.05, 4.69) is 15.4 Å². The van der Waals surface area contributed by atoms with Crippen molar-refractivity contribution in [3.63, 3.8) is 0 Å². The van der Waals surface area contributed by atoms with Gasteiger partial charge in [-0.25, -0.2) is 0 Å². The normalized spacial score (nSPS) is 10.2. The second-order valence-electron chi connectivity index (χ2n) is 2.63. The molecule has 0 bridgehead atoms. The van der Waals surface area contributed by atoms with E-state index in [4.69, 9.17) is 17.3 Å². The molecule has 0 atom stereocenters. The SMILES string of the molecule is Nc1cc(Cl)cc(-c2c[nH]nn2)c1. The summed E-state index contributed by atoms with van der Waals surface area (Å²) < 4.78 is 0. The Morgan fingerprint density at radius 2 is 2.15 bits per heavy atom. The average molecular weight is 195 g/mol. The first-order valence-electron chi connectivity index (χ1n) is 3.68. The van der Waals surface area contributed by atoms with Crippen LogP contribution in [0.1, 0.15) is 0 Å². The molecule has 2 aromatic rings. The minimum atomic E-state index is 0.595. The Kier molecular flexibility index (Phi) is 1.90. The van der Waals surface area contributed by atoms with Gasteiger partial charge in [-0.1, -0.05) is 16.8 Å². The number of hydrogen-bond acceptors (Lipinski definition) is 3. The van der Waals surface area contributed by atoms with Crippen LogP contribution in [0.5, 0.6) is 0 Å². The maximum atomic E-state index is 5.83. The highest BCUT2D eigenvalue weighted by molar-refractivity contribution is 6.31. The van der Waals surface area contributed by atoms with Gasteiger partial charge in [-0.3, -0.25) is 5.10 Å². The van der Waals surface area contributed by atoms with Gasteiger partial charge in [0.05, 0.1) is 0 Å². The van der Waals surface area contributed by atoms with Gasteiger partial charge in [0.1, 0.15) is 5.69 Å². The van der Waals surface area contributed by atoms with Crippen molar-refractivity contribution < 1.29 is 0 Å². The summed E-state index contributed by atoms with van der Waals surface area (Å²) in [6, 6.07) is 5.27. The second-order valence-corrected chi connectivity index (χ2v) is 3.07. The first-order chi connectivity index (χ1) is 6.25. The van der Waals surface area contributed by atoms with Crippen LogP contribution in [0.3, 0.4) is 0 Å². The number of rotatable bonds is 1. The average Bonchev–Trinajstić information content (AvgIpc) is 2.53. The number of hydrogen-bond donors (Lipinski definition) is 2. The van der Waals surface area contributed by atoms with Gasteiger partial charge in [0.2, 0.25) is 0 Å². The Bertz CT molecular complexity index is 390. The molecule has 1 aromatic carbocycles. The number of nitrogens with two attached hydrogens (primary N) is 1. The van der Waals surface area contributed by atoms with Gasteiger partial charge in [0.15, 0.2) is 0 Å². The Morgan fingerprint density at radius 1 is 1.31 bits per heavy atom. The number of anilines is 1. The van der Waals surface area contributed by atoms with Crippen molar-refractivity contribution in [3.8, 4) is 11.3 Å². The lowest BCUT2D eigenvalue weighted by atomic mass is 10.1. The molecule has 0 fully saturated rings. The lowest BCUT2D eigenvalue weighted by Gasteiger charge is -1.98. The standard InChI is InChI=1S/C8H7ClN4/c9-6-1-5(2-7(10)3-6)8-4-11-13-12-8/h1-4H,10H2,(H,11,12,13). The van der Waals surface area contributed by atoms with Gasteiger partial charge < -0.3 is 5.73 Å². The molecule has 0 aliphatic carbocycles. The van der Waals surface area contributed by atoms with E-state index >= 15 is 0 Å². The van der Waals surface area contributed by atoms with Gasteiger partial charge in [-0.15, -0.1) is 5.10 Å². The molecule has 0 amide bonds. The summed E-state index contributed by atoms with van der Waals surface area (Å²) >= 11 is 5.83. The second kappa shape index (κ2) is 3.06. The highest BCUT2D eigenvalue weighted by Gasteiger charge is 2.02. The summed E-state index contributed by atoms with van der Waals surface area (Å²) in [6.45, 7) is 0. The molecule has 0 saturated carbocycles. The molecular weight excluding hydrogens is 188 g/mol. The third-order valence-corrected chi connectivity index (χ3v) is 1.85. The molecule has 0 spiro atoms. The van der Waals surface area contributed by atoms with Crippen molar-refractivity contribution in [2.24, 2.45) is 0 Å². The van der Waals surface area contributed by atoms with E-state index < -0.39 is 0 Å². The van der Waals surface area contributed by atoms with Crippen molar-refractivity contribution in [2.45, 2.75) is 0 Å². The van der Waals surface area contributed by atoms with Gasteiger partial charge in [-0.05, 0) is 18.2 Å². The molecule has 0 radical (unpaired) electrons. The van der Waals surface area contributed by atoms with Gasteiger partial charge in [0, 0.05) is 22.5 Å². The largest absolute Gasteiger partial charge is 0.399 e. The lowest BCUT2D eigenvalue weighted by molar-refractivity contribution is 0.942. The first-order valence-corrected chi connectivity index (χ1v) is 4.06. The maximum Gasteiger partial charge on any atom is 0.112 e. The Labute approximate surface area is 79.7 Å². The van der Waals surface area contributed by atoms with Gasteiger partial charge in [-0.2, -0.15) is 0 Å². The predicted molar refractivity (Wildman–Crippen MR) is 51.2 cm³/mol. The van der Waals surface area contributed by atoms with Crippen molar-refractivity contribution in [1.82, 2.24) is 15.4 Å². The summed E-state index contributed by atoms with van der Waals surface area (Å²) in [5.41, 5.74) is 7.83. The zero-order valence-electron chi connectivity index (χ0n) is 6.66. The minimum absolute atomic E-state index is 0.595. The molecular formula is C8H7ClN4. The van der Waals surface area contributed by atoms with E-state index in [9.17, 15) is 0 Å². The third kappa shape index (κ3) is 1.62. The Morgan fingerprint density at radius 3 is 2.77 bits per heavy atom. The quantitative estimate of drug-likeness (QED) is 0.679. The molecule has 4 nitrogen and oxygen atoms in total. The topological polar surface area (TPSA) is 67.6 Å². The number of H-pyrrole nitrogens is 1. The van der Waals surface area contributed by atoms with E-state index in [1.807, 2.05) is 0 Å². The van der Waals surface area contributed by atoms with Crippen LogP contribution in [0, 0.1) is 0 Å². The Hall–Kier alpha value is -1.55. The maximum absolute atomic E-state index is 5.83. The van der Waals surface area contributed by atoms with Crippen LogP contribution in [0.15, 0.2) is 24.4 Å². The number of benzene rings is 1. The predicted octanol–water partition coefficient (Wildman–Crippen LogP) is 1.71. The molecule has 0 aliphatic rings. The van der Waals surface area contributed by atoms with Crippen LogP contribution in [-0.4, -0.2) is 15.4 Å². The van der Waals surface area contributed by atoms with Crippen molar-refractivity contribution in [2.75, 3.05) is 5.73 Å². The number of nitrogens with zero attached hydrogens (tertiary/aromatic N) is 2. The molecule has 3 N–H and O–H groups in total. The van der Waals surface area contributed by atoms with E-state index in [-0.39, 0.29) is 0 Å². The van der Waals surface area contributed by atoms with E-state index in [0.29, 0.717) is 10.7 Å². The molecule has 66 valence electrons. The fraction of sp³-hybridized carbons (Fsp3) is 0. The molecule has 5 heteroatoms. The molecule has 13 heavy (non-hydrogen) atoms. The molecule has 1 aromatic heterocycles. The van der Waals surface area contributed by atoms with Crippen molar-refractivity contribution in [1.29, 1.82) is 0 Å². The zero-order chi connectivity index (χ0) is 9.26. The van der Waals surface area contributed by atoms with Crippen LogP contribution in [-0.2, 0) is 0 Å². The summed E-state index contributed by atoms with van der Waals surface area (Å²) in [6.07, 6.45) is 1.69. The summed E-state index contributed by atoms with van der Waals surface area (Å²) in [7, 11) is 0. The molecule has 0 saturated heterocycles. The highest BCUT2D eigenvalue weighted by Crippen LogP contribution is 2.23. The first kappa shape index (κ1) is 8.07. The fourth-order valence-corrected chi connectivity index (χ4v) is 1.35. The smallest absolute Gasteiger partial charge is 0.112 e. The number of halogens is 1. The third-order valence-electron chi connectivity index (χ3n) is 1.63. The fourth-order valence-electron chi connectivity index (χ4n) is 1.10. The summed E-state index contributed by atoms with van der Waals surface area (Å²) in [5, 5.41) is 10.7. The van der Waals surface area contributed by atoms with Gasteiger partial charge in [0.25, 0.3) is 0 Å². The summed E-state index contributed by atoms with van der Waals surface area (Å²) in [5.74, 6) is 0. The Balaban J connectivity index is 2.53. The van der Waals surface area contributed by atoms with Crippen LogP contribution in [0.25, 0.3) is 11.3 Å². The van der Waals surface area contributed by atoms with Crippen molar-refractivity contribution >= 4 is 17.3 Å².